The lowest BCUT2D eigenvalue weighted by atomic mass is 10.0. The first-order chi connectivity index (χ1) is 10.9. The second-order valence-electron chi connectivity index (χ2n) is 4.91. The van der Waals surface area contributed by atoms with Crippen LogP contribution in [0.4, 0.5) is 0 Å². The quantitative estimate of drug-likeness (QED) is 0.513. The minimum absolute atomic E-state index is 0.207. The summed E-state index contributed by atoms with van der Waals surface area (Å²) >= 11 is 4.03. The van der Waals surface area contributed by atoms with Gasteiger partial charge < -0.3 is 16.2 Å². The molecule has 0 radical (unpaired) electrons. The van der Waals surface area contributed by atoms with Crippen molar-refractivity contribution in [3.05, 3.63) is 60.7 Å². The maximum atomic E-state index is 12.2. The van der Waals surface area contributed by atoms with Crippen LogP contribution >= 0.6 is 45.2 Å². The molecule has 0 unspecified atom stereocenters. The predicted octanol–water partition coefficient (Wildman–Crippen LogP) is 2.43. The molecule has 0 saturated heterocycles. The number of phenolic OH excluding ortho intramolecular Hbond substituents is 1. The summed E-state index contributed by atoms with van der Waals surface area (Å²) in [6.07, 6.45) is 0.264. The molecule has 0 aromatic heterocycles. The van der Waals surface area contributed by atoms with Gasteiger partial charge in [-0.25, -0.2) is 0 Å². The number of rotatable bonds is 5. The Hall–Kier alpha value is -1.36. The third kappa shape index (κ3) is 4.80. The van der Waals surface area contributed by atoms with E-state index in [1.54, 1.807) is 36.4 Å². The number of nitrogens with two attached hydrogens (primary N) is 1. The number of phenols is 1. The first-order valence-corrected chi connectivity index (χ1v) is 8.86. The van der Waals surface area contributed by atoms with E-state index in [1.807, 2.05) is 51.2 Å². The number of primary amides is 1. The highest BCUT2D eigenvalue weighted by atomic mass is 127. The van der Waals surface area contributed by atoms with Crippen LogP contribution in [-0.4, -0.2) is 23.0 Å². The first-order valence-electron chi connectivity index (χ1n) is 6.70. The third-order valence-electron chi connectivity index (χ3n) is 3.20. The van der Waals surface area contributed by atoms with Crippen LogP contribution in [0.3, 0.4) is 0 Å². The van der Waals surface area contributed by atoms with Crippen molar-refractivity contribution < 1.29 is 14.7 Å². The van der Waals surface area contributed by atoms with Crippen LogP contribution in [-0.2, 0) is 11.2 Å². The monoisotopic (exact) mass is 536 g/mol. The van der Waals surface area contributed by atoms with Crippen molar-refractivity contribution in [2.24, 2.45) is 5.73 Å². The van der Waals surface area contributed by atoms with E-state index in [2.05, 4.69) is 5.32 Å². The van der Waals surface area contributed by atoms with Gasteiger partial charge in [0.1, 0.15) is 11.8 Å². The number of hydrogen-bond donors (Lipinski definition) is 3. The Morgan fingerprint density at radius 1 is 1.13 bits per heavy atom. The lowest BCUT2D eigenvalue weighted by molar-refractivity contribution is -0.119. The molecule has 0 fully saturated rings. The molecule has 0 aliphatic carbocycles. The topological polar surface area (TPSA) is 92.4 Å². The van der Waals surface area contributed by atoms with E-state index in [1.165, 1.54) is 0 Å². The summed E-state index contributed by atoms with van der Waals surface area (Å²) in [5, 5.41) is 12.4. The lowest BCUT2D eigenvalue weighted by Crippen LogP contribution is -2.45. The number of aromatic hydroxyl groups is 1. The van der Waals surface area contributed by atoms with Crippen LogP contribution in [0.2, 0.25) is 0 Å². The largest absolute Gasteiger partial charge is 0.506 e. The highest BCUT2D eigenvalue weighted by molar-refractivity contribution is 14.1. The third-order valence-corrected chi connectivity index (χ3v) is 4.85. The summed E-state index contributed by atoms with van der Waals surface area (Å²) in [7, 11) is 0. The van der Waals surface area contributed by atoms with Crippen LogP contribution in [0.5, 0.6) is 5.75 Å². The summed E-state index contributed by atoms with van der Waals surface area (Å²) in [5.74, 6) is -0.746. The van der Waals surface area contributed by atoms with Crippen molar-refractivity contribution in [3.63, 3.8) is 0 Å². The van der Waals surface area contributed by atoms with Gasteiger partial charge in [0.2, 0.25) is 5.91 Å². The highest BCUT2D eigenvalue weighted by Crippen LogP contribution is 2.27. The van der Waals surface area contributed by atoms with Gasteiger partial charge in [-0.3, -0.25) is 9.59 Å². The second kappa shape index (κ2) is 7.95. The number of carbonyl (C=O) groups excluding carboxylic acids is 2. The van der Waals surface area contributed by atoms with E-state index < -0.39 is 11.9 Å². The zero-order chi connectivity index (χ0) is 17.0. The normalized spacial score (nSPS) is 11.7. The Kier molecular flexibility index (Phi) is 6.22. The zero-order valence-corrected chi connectivity index (χ0v) is 16.2. The molecule has 0 bridgehead atoms. The van der Waals surface area contributed by atoms with Crippen molar-refractivity contribution >= 4 is 57.0 Å². The molecule has 1 atom stereocenters. The van der Waals surface area contributed by atoms with Gasteiger partial charge in [0.15, 0.2) is 0 Å². The summed E-state index contributed by atoms with van der Waals surface area (Å²) in [5.41, 5.74) is 6.69. The van der Waals surface area contributed by atoms with Crippen molar-refractivity contribution in [2.45, 2.75) is 12.5 Å². The van der Waals surface area contributed by atoms with Crippen molar-refractivity contribution in [1.82, 2.24) is 5.32 Å². The minimum Gasteiger partial charge on any atom is -0.506 e. The molecule has 23 heavy (non-hydrogen) atoms. The summed E-state index contributed by atoms with van der Waals surface area (Å²) in [4.78, 5) is 23.8. The summed E-state index contributed by atoms with van der Waals surface area (Å²) in [6, 6.07) is 11.4. The predicted molar refractivity (Wildman–Crippen MR) is 104 cm³/mol. The van der Waals surface area contributed by atoms with Crippen LogP contribution in [0, 0.1) is 7.14 Å². The highest BCUT2D eigenvalue weighted by Gasteiger charge is 2.20. The van der Waals surface area contributed by atoms with E-state index in [9.17, 15) is 14.7 Å². The maximum Gasteiger partial charge on any atom is 0.251 e. The van der Waals surface area contributed by atoms with E-state index in [0.29, 0.717) is 12.7 Å². The number of hydrogen-bond acceptors (Lipinski definition) is 3. The SMILES string of the molecule is NC(=O)[C@H](Cc1cc(I)c(O)c(I)c1)NC(=O)c1ccccc1. The molecule has 2 rings (SSSR count). The van der Waals surface area contributed by atoms with Gasteiger partial charge in [0.25, 0.3) is 5.91 Å². The van der Waals surface area contributed by atoms with Gasteiger partial charge >= 0.3 is 0 Å². The fourth-order valence-corrected chi connectivity index (χ4v) is 3.92. The van der Waals surface area contributed by atoms with Crippen molar-refractivity contribution in [3.8, 4) is 5.75 Å². The fraction of sp³-hybridized carbons (Fsp3) is 0.125. The number of halogens is 2. The van der Waals surface area contributed by atoms with Gasteiger partial charge in [-0.2, -0.15) is 0 Å². The van der Waals surface area contributed by atoms with Gasteiger partial charge in [-0.1, -0.05) is 18.2 Å². The Morgan fingerprint density at radius 3 is 2.22 bits per heavy atom. The number of benzene rings is 2. The summed E-state index contributed by atoms with van der Waals surface area (Å²) < 4.78 is 1.37. The average Bonchev–Trinajstić information content (AvgIpc) is 2.52. The Morgan fingerprint density at radius 2 is 1.70 bits per heavy atom. The number of amides is 2. The van der Waals surface area contributed by atoms with Gasteiger partial charge in [-0.15, -0.1) is 0 Å². The molecule has 0 heterocycles. The van der Waals surface area contributed by atoms with Crippen molar-refractivity contribution in [2.75, 3.05) is 0 Å². The molecule has 120 valence electrons. The Labute approximate surface area is 160 Å². The summed E-state index contributed by atoms with van der Waals surface area (Å²) in [6.45, 7) is 0. The zero-order valence-electron chi connectivity index (χ0n) is 11.9. The Balaban J connectivity index is 2.17. The van der Waals surface area contributed by atoms with E-state index in [0.717, 1.165) is 5.56 Å². The molecular formula is C16H14I2N2O3. The molecular weight excluding hydrogens is 522 g/mol. The second-order valence-corrected chi connectivity index (χ2v) is 7.23. The van der Waals surface area contributed by atoms with Crippen LogP contribution in [0.1, 0.15) is 15.9 Å². The van der Waals surface area contributed by atoms with Crippen LogP contribution in [0.15, 0.2) is 42.5 Å². The van der Waals surface area contributed by atoms with Crippen molar-refractivity contribution in [1.29, 1.82) is 0 Å². The number of carbonyl (C=O) groups is 2. The number of nitrogens with one attached hydrogen (secondary N) is 1. The minimum atomic E-state index is -0.821. The van der Waals surface area contributed by atoms with Crippen LogP contribution < -0.4 is 11.1 Å². The van der Waals surface area contributed by atoms with E-state index in [-0.39, 0.29) is 18.1 Å². The Bertz CT molecular complexity index is 712. The average molecular weight is 536 g/mol. The molecule has 0 aliphatic rings. The molecule has 2 aromatic rings. The smallest absolute Gasteiger partial charge is 0.251 e. The van der Waals surface area contributed by atoms with Crippen LogP contribution in [0.25, 0.3) is 0 Å². The molecule has 0 aliphatic heterocycles. The molecule has 2 aromatic carbocycles. The standard InChI is InChI=1S/C16H14I2N2O3/c17-11-6-9(7-12(18)14(11)21)8-13(15(19)22)20-16(23)10-4-2-1-3-5-10/h1-7,13,21H,8H2,(H2,19,22)(H,20,23)/t13-/m0/s1. The van der Waals surface area contributed by atoms with E-state index >= 15 is 0 Å². The van der Waals surface area contributed by atoms with Gasteiger partial charge in [0, 0.05) is 12.0 Å². The first kappa shape index (κ1) is 18.0. The molecule has 4 N–H and O–H groups in total. The molecule has 0 spiro atoms. The van der Waals surface area contributed by atoms with E-state index in [4.69, 9.17) is 5.73 Å². The lowest BCUT2D eigenvalue weighted by Gasteiger charge is -2.16. The molecule has 7 heteroatoms. The van der Waals surface area contributed by atoms with Gasteiger partial charge in [0.05, 0.1) is 7.14 Å². The maximum absolute atomic E-state index is 12.2. The fourth-order valence-electron chi connectivity index (χ4n) is 2.03. The molecule has 5 nitrogen and oxygen atoms in total. The van der Waals surface area contributed by atoms with Gasteiger partial charge in [-0.05, 0) is 75.0 Å². The molecule has 0 saturated carbocycles. The molecule has 2 amide bonds.